The van der Waals surface area contributed by atoms with E-state index in [1.54, 1.807) is 13.8 Å². The van der Waals surface area contributed by atoms with Crippen LogP contribution in [-0.2, 0) is 14.8 Å². The van der Waals surface area contributed by atoms with E-state index in [4.69, 9.17) is 4.52 Å². The summed E-state index contributed by atoms with van der Waals surface area (Å²) in [5.74, 6) is -0.826. The number of hydrogen-bond donors (Lipinski definition) is 2. The van der Waals surface area contributed by atoms with Crippen molar-refractivity contribution >= 4 is 16.0 Å². The van der Waals surface area contributed by atoms with Crippen LogP contribution in [0.5, 0.6) is 0 Å². The molecule has 0 aromatic carbocycles. The van der Waals surface area contributed by atoms with Crippen LogP contribution >= 0.6 is 0 Å². The summed E-state index contributed by atoms with van der Waals surface area (Å²) < 4.78 is 31.7. The largest absolute Gasteiger partial charge is 0.481 e. The van der Waals surface area contributed by atoms with Gasteiger partial charge in [0.15, 0.2) is 5.76 Å². The molecule has 0 aliphatic carbocycles. The minimum Gasteiger partial charge on any atom is -0.481 e. The predicted molar refractivity (Wildman–Crippen MR) is 71.8 cm³/mol. The molecule has 0 aliphatic rings. The normalized spacial score (nSPS) is 12.6. The summed E-state index contributed by atoms with van der Waals surface area (Å²) >= 11 is 0. The Balaban J connectivity index is 3.02. The van der Waals surface area contributed by atoms with Crippen LogP contribution in [0.25, 0.3) is 0 Å². The second kappa shape index (κ2) is 5.92. The molecule has 0 fully saturated rings. The van der Waals surface area contributed by atoms with Gasteiger partial charge in [0.05, 0.1) is 5.41 Å². The van der Waals surface area contributed by atoms with Crippen molar-refractivity contribution in [2.45, 2.75) is 45.4 Å². The van der Waals surface area contributed by atoms with Crippen LogP contribution in [0.2, 0.25) is 0 Å². The molecule has 0 aliphatic heterocycles. The molecular weight excluding hydrogens is 284 g/mol. The number of carboxylic acids is 1. The lowest BCUT2D eigenvalue weighted by atomic mass is 9.83. The minimum absolute atomic E-state index is 0.0241. The number of aromatic nitrogens is 1. The van der Waals surface area contributed by atoms with E-state index in [1.807, 2.05) is 0 Å². The van der Waals surface area contributed by atoms with Gasteiger partial charge in [0.2, 0.25) is 10.0 Å². The predicted octanol–water partition coefficient (Wildman–Crippen LogP) is 1.46. The van der Waals surface area contributed by atoms with Crippen molar-refractivity contribution in [3.05, 3.63) is 11.5 Å². The zero-order valence-corrected chi connectivity index (χ0v) is 12.9. The van der Waals surface area contributed by atoms with E-state index in [-0.39, 0.29) is 22.9 Å². The molecule has 8 heteroatoms. The third-order valence-corrected chi connectivity index (χ3v) is 5.29. The van der Waals surface area contributed by atoms with Gasteiger partial charge in [-0.1, -0.05) is 19.0 Å². The Kier molecular flexibility index (Phi) is 4.93. The zero-order valence-electron chi connectivity index (χ0n) is 12.1. The molecular formula is C12H20N2O5S. The first kappa shape index (κ1) is 16.6. The average Bonchev–Trinajstić information content (AvgIpc) is 2.71. The molecule has 1 aromatic rings. The Morgan fingerprint density at radius 1 is 1.35 bits per heavy atom. The fourth-order valence-corrected chi connectivity index (χ4v) is 3.49. The van der Waals surface area contributed by atoms with E-state index in [9.17, 15) is 18.3 Å². The fraction of sp³-hybridized carbons (Fsp3) is 0.667. The van der Waals surface area contributed by atoms with Crippen molar-refractivity contribution in [2.75, 3.05) is 6.54 Å². The number of carbonyl (C=O) groups is 1. The molecule has 20 heavy (non-hydrogen) atoms. The molecule has 1 aromatic heterocycles. The molecule has 0 amide bonds. The van der Waals surface area contributed by atoms with Gasteiger partial charge in [-0.05, 0) is 26.7 Å². The Hall–Kier alpha value is -1.41. The first-order valence-corrected chi connectivity index (χ1v) is 7.84. The summed E-state index contributed by atoms with van der Waals surface area (Å²) in [5.41, 5.74) is -0.851. The van der Waals surface area contributed by atoms with Gasteiger partial charge in [-0.3, -0.25) is 4.79 Å². The number of rotatable bonds is 7. The van der Waals surface area contributed by atoms with Gasteiger partial charge in [0, 0.05) is 6.54 Å². The zero-order chi connectivity index (χ0) is 15.6. The SMILES string of the molecule is CCC(CC)(CNS(=O)(=O)c1c(C)noc1C)C(=O)O. The van der Waals surface area contributed by atoms with Crippen LogP contribution in [0.1, 0.15) is 38.1 Å². The summed E-state index contributed by atoms with van der Waals surface area (Å²) in [6.45, 7) is 6.30. The Morgan fingerprint density at radius 2 is 1.90 bits per heavy atom. The van der Waals surface area contributed by atoms with Gasteiger partial charge >= 0.3 is 5.97 Å². The van der Waals surface area contributed by atoms with Gasteiger partial charge in [0.1, 0.15) is 10.6 Å². The minimum atomic E-state index is -3.83. The maximum Gasteiger partial charge on any atom is 0.310 e. The van der Waals surface area contributed by atoms with Gasteiger partial charge in [-0.25, -0.2) is 13.1 Å². The van der Waals surface area contributed by atoms with Crippen LogP contribution in [-0.4, -0.2) is 31.2 Å². The summed E-state index contributed by atoms with van der Waals surface area (Å²) in [5, 5.41) is 12.9. The van der Waals surface area contributed by atoms with Crippen LogP contribution in [0, 0.1) is 19.3 Å². The molecule has 114 valence electrons. The number of carboxylic acid groups (broad SMARTS) is 1. The van der Waals surface area contributed by atoms with Crippen molar-refractivity contribution in [3.63, 3.8) is 0 Å². The smallest absolute Gasteiger partial charge is 0.310 e. The molecule has 7 nitrogen and oxygen atoms in total. The lowest BCUT2D eigenvalue weighted by Gasteiger charge is -2.26. The van der Waals surface area contributed by atoms with E-state index in [0.29, 0.717) is 12.8 Å². The lowest BCUT2D eigenvalue weighted by molar-refractivity contribution is -0.149. The van der Waals surface area contributed by atoms with E-state index in [0.717, 1.165) is 0 Å². The van der Waals surface area contributed by atoms with Crippen molar-refractivity contribution < 1.29 is 22.8 Å². The standard InChI is InChI=1S/C12H20N2O5S/c1-5-12(6-2,11(15)16)7-13-20(17,18)10-8(3)14-19-9(10)4/h13H,5-7H2,1-4H3,(H,15,16). The Morgan fingerprint density at radius 3 is 2.25 bits per heavy atom. The third-order valence-electron chi connectivity index (χ3n) is 3.64. The van der Waals surface area contributed by atoms with Crippen molar-refractivity contribution in [1.82, 2.24) is 9.88 Å². The topological polar surface area (TPSA) is 110 Å². The molecule has 1 heterocycles. The molecule has 0 saturated carbocycles. The van der Waals surface area contributed by atoms with Crippen LogP contribution in [0.4, 0.5) is 0 Å². The third kappa shape index (κ3) is 3.01. The van der Waals surface area contributed by atoms with E-state index in [2.05, 4.69) is 9.88 Å². The van der Waals surface area contributed by atoms with Gasteiger partial charge in [0.25, 0.3) is 0 Å². The van der Waals surface area contributed by atoms with Gasteiger partial charge in [-0.2, -0.15) is 0 Å². The first-order valence-electron chi connectivity index (χ1n) is 6.36. The number of nitrogens with zero attached hydrogens (tertiary/aromatic N) is 1. The molecule has 0 atom stereocenters. The number of sulfonamides is 1. The van der Waals surface area contributed by atoms with E-state index < -0.39 is 21.4 Å². The monoisotopic (exact) mass is 304 g/mol. The Labute approximate surface area is 118 Å². The highest BCUT2D eigenvalue weighted by Crippen LogP contribution is 2.27. The number of aryl methyl sites for hydroxylation is 2. The van der Waals surface area contributed by atoms with Crippen molar-refractivity contribution in [1.29, 1.82) is 0 Å². The maximum atomic E-state index is 12.2. The molecule has 0 bridgehead atoms. The van der Waals surface area contributed by atoms with E-state index in [1.165, 1.54) is 13.8 Å². The Bertz CT molecular complexity index is 567. The summed E-state index contributed by atoms with van der Waals surface area (Å²) in [4.78, 5) is 11.3. The van der Waals surface area contributed by atoms with Crippen LogP contribution in [0.15, 0.2) is 9.42 Å². The highest BCUT2D eigenvalue weighted by molar-refractivity contribution is 7.89. The highest BCUT2D eigenvalue weighted by atomic mass is 32.2. The van der Waals surface area contributed by atoms with Gasteiger partial charge in [-0.15, -0.1) is 0 Å². The summed E-state index contributed by atoms with van der Waals surface area (Å²) in [6.07, 6.45) is 0.673. The first-order chi connectivity index (χ1) is 9.20. The molecule has 0 spiro atoms. The average molecular weight is 304 g/mol. The number of hydrogen-bond acceptors (Lipinski definition) is 5. The molecule has 2 N–H and O–H groups in total. The van der Waals surface area contributed by atoms with Crippen molar-refractivity contribution in [2.24, 2.45) is 5.41 Å². The quantitative estimate of drug-likeness (QED) is 0.789. The van der Waals surface area contributed by atoms with Crippen molar-refractivity contribution in [3.8, 4) is 0 Å². The number of aliphatic carboxylic acids is 1. The maximum absolute atomic E-state index is 12.2. The lowest BCUT2D eigenvalue weighted by Crippen LogP contribution is -2.42. The second-order valence-corrected chi connectivity index (χ2v) is 6.47. The summed E-state index contributed by atoms with van der Waals surface area (Å²) in [7, 11) is -3.83. The van der Waals surface area contributed by atoms with Crippen LogP contribution < -0.4 is 4.72 Å². The fourth-order valence-electron chi connectivity index (χ4n) is 2.04. The van der Waals surface area contributed by atoms with Crippen LogP contribution in [0.3, 0.4) is 0 Å². The van der Waals surface area contributed by atoms with E-state index >= 15 is 0 Å². The summed E-state index contributed by atoms with van der Waals surface area (Å²) in [6, 6.07) is 0. The highest BCUT2D eigenvalue weighted by Gasteiger charge is 2.37. The molecule has 0 unspecified atom stereocenters. The molecule has 0 saturated heterocycles. The van der Waals surface area contributed by atoms with Gasteiger partial charge < -0.3 is 9.63 Å². The molecule has 0 radical (unpaired) electrons. The second-order valence-electron chi connectivity index (χ2n) is 4.77. The number of nitrogens with one attached hydrogen (secondary N) is 1. The molecule has 1 rings (SSSR count).